The van der Waals surface area contributed by atoms with Gasteiger partial charge in [0.1, 0.15) is 5.75 Å². The van der Waals surface area contributed by atoms with Crippen LogP contribution in [0.2, 0.25) is 5.02 Å². The standard InChI is InChI=1S/C17H24ClNO3/c1-2-22-15-6-5-14(18)11-13(15)7-10-19-16(20)12-17(21)8-3-4-9-17/h5-6,11,21H,2-4,7-10,12H2,1H3,(H,19,20). The number of rotatable bonds is 7. The van der Waals surface area contributed by atoms with Gasteiger partial charge >= 0.3 is 0 Å². The average molecular weight is 326 g/mol. The van der Waals surface area contributed by atoms with Crippen molar-refractivity contribution in [3.05, 3.63) is 28.8 Å². The van der Waals surface area contributed by atoms with Crippen LogP contribution in [-0.4, -0.2) is 29.8 Å². The number of ether oxygens (including phenoxy) is 1. The Kier molecular flexibility index (Phi) is 6.09. The van der Waals surface area contributed by atoms with Gasteiger partial charge in [-0.05, 0) is 49.9 Å². The van der Waals surface area contributed by atoms with E-state index in [9.17, 15) is 9.90 Å². The second kappa shape index (κ2) is 7.84. The zero-order chi connectivity index (χ0) is 16.0. The lowest BCUT2D eigenvalue weighted by Gasteiger charge is -2.21. The summed E-state index contributed by atoms with van der Waals surface area (Å²) in [5.74, 6) is 0.708. The lowest BCUT2D eigenvalue weighted by Crippen LogP contribution is -2.35. The van der Waals surface area contributed by atoms with Gasteiger partial charge < -0.3 is 15.2 Å². The number of carbonyl (C=O) groups excluding carboxylic acids is 1. The molecular formula is C17H24ClNO3. The summed E-state index contributed by atoms with van der Waals surface area (Å²) in [6, 6.07) is 5.51. The van der Waals surface area contributed by atoms with Gasteiger partial charge in [0.2, 0.25) is 5.91 Å². The van der Waals surface area contributed by atoms with Crippen molar-refractivity contribution in [1.29, 1.82) is 0 Å². The van der Waals surface area contributed by atoms with E-state index >= 15 is 0 Å². The predicted octanol–water partition coefficient (Wildman–Crippen LogP) is 3.09. The van der Waals surface area contributed by atoms with Gasteiger partial charge in [-0.2, -0.15) is 0 Å². The van der Waals surface area contributed by atoms with Gasteiger partial charge in [-0.15, -0.1) is 0 Å². The molecule has 22 heavy (non-hydrogen) atoms. The van der Waals surface area contributed by atoms with Crippen LogP contribution >= 0.6 is 11.6 Å². The second-order valence-electron chi connectivity index (χ2n) is 5.89. The van der Waals surface area contributed by atoms with E-state index in [4.69, 9.17) is 16.3 Å². The lowest BCUT2D eigenvalue weighted by atomic mass is 9.97. The molecule has 1 aromatic rings. The minimum Gasteiger partial charge on any atom is -0.494 e. The molecule has 2 N–H and O–H groups in total. The molecule has 122 valence electrons. The SMILES string of the molecule is CCOc1ccc(Cl)cc1CCNC(=O)CC1(O)CCCC1. The van der Waals surface area contributed by atoms with Gasteiger partial charge in [0, 0.05) is 11.6 Å². The summed E-state index contributed by atoms with van der Waals surface area (Å²) in [6.45, 7) is 3.03. The highest BCUT2D eigenvalue weighted by molar-refractivity contribution is 6.30. The summed E-state index contributed by atoms with van der Waals surface area (Å²) < 4.78 is 5.56. The van der Waals surface area contributed by atoms with Gasteiger partial charge in [0.15, 0.2) is 0 Å². The van der Waals surface area contributed by atoms with Gasteiger partial charge in [-0.3, -0.25) is 4.79 Å². The largest absolute Gasteiger partial charge is 0.494 e. The highest BCUT2D eigenvalue weighted by atomic mass is 35.5. The molecule has 1 saturated carbocycles. The van der Waals surface area contributed by atoms with Crippen molar-refractivity contribution in [1.82, 2.24) is 5.32 Å². The summed E-state index contributed by atoms with van der Waals surface area (Å²) in [4.78, 5) is 11.9. The van der Waals surface area contributed by atoms with Crippen molar-refractivity contribution in [3.8, 4) is 5.75 Å². The summed E-state index contributed by atoms with van der Waals surface area (Å²) in [5.41, 5.74) is 0.186. The molecule has 0 aromatic heterocycles. The van der Waals surface area contributed by atoms with E-state index < -0.39 is 5.60 Å². The van der Waals surface area contributed by atoms with Crippen LogP contribution in [-0.2, 0) is 11.2 Å². The third-order valence-corrected chi connectivity index (χ3v) is 4.30. The van der Waals surface area contributed by atoms with Crippen LogP contribution in [0.5, 0.6) is 5.75 Å². The van der Waals surface area contributed by atoms with Crippen LogP contribution in [0.25, 0.3) is 0 Å². The number of nitrogens with one attached hydrogen (secondary N) is 1. The fraction of sp³-hybridized carbons (Fsp3) is 0.588. The number of carbonyl (C=O) groups is 1. The van der Waals surface area contributed by atoms with Crippen molar-refractivity contribution in [3.63, 3.8) is 0 Å². The molecule has 0 spiro atoms. The molecule has 1 aromatic carbocycles. The van der Waals surface area contributed by atoms with Gasteiger partial charge in [-0.25, -0.2) is 0 Å². The molecule has 0 radical (unpaired) electrons. The van der Waals surface area contributed by atoms with Crippen molar-refractivity contribution >= 4 is 17.5 Å². The highest BCUT2D eigenvalue weighted by Crippen LogP contribution is 2.32. The maximum atomic E-state index is 11.9. The molecule has 0 aliphatic heterocycles. The second-order valence-corrected chi connectivity index (χ2v) is 6.33. The summed E-state index contributed by atoms with van der Waals surface area (Å²) in [5, 5.41) is 13.8. The van der Waals surface area contributed by atoms with E-state index in [1.165, 1.54) is 0 Å². The van der Waals surface area contributed by atoms with Gasteiger partial charge in [0.05, 0.1) is 18.6 Å². The first-order valence-corrected chi connectivity index (χ1v) is 8.30. The van der Waals surface area contributed by atoms with Gasteiger partial charge in [-0.1, -0.05) is 24.4 Å². The Morgan fingerprint density at radius 1 is 1.41 bits per heavy atom. The molecule has 2 rings (SSSR count). The van der Waals surface area contributed by atoms with E-state index in [1.807, 2.05) is 19.1 Å². The first-order valence-electron chi connectivity index (χ1n) is 7.93. The van der Waals surface area contributed by atoms with Crippen molar-refractivity contribution in [2.75, 3.05) is 13.2 Å². The fourth-order valence-corrected chi connectivity index (χ4v) is 3.14. The van der Waals surface area contributed by atoms with E-state index in [0.717, 1.165) is 37.0 Å². The zero-order valence-corrected chi connectivity index (χ0v) is 13.8. The molecule has 1 fully saturated rings. The molecule has 0 unspecified atom stereocenters. The summed E-state index contributed by atoms with van der Waals surface area (Å²) in [7, 11) is 0. The van der Waals surface area contributed by atoms with Crippen LogP contribution in [0.3, 0.4) is 0 Å². The van der Waals surface area contributed by atoms with Crippen molar-refractivity contribution in [2.45, 2.75) is 51.0 Å². The van der Waals surface area contributed by atoms with Gasteiger partial charge in [0.25, 0.3) is 0 Å². The van der Waals surface area contributed by atoms with Crippen molar-refractivity contribution in [2.24, 2.45) is 0 Å². The Labute approximate surface area is 136 Å². The van der Waals surface area contributed by atoms with E-state index in [-0.39, 0.29) is 12.3 Å². The fourth-order valence-electron chi connectivity index (χ4n) is 2.95. The zero-order valence-electron chi connectivity index (χ0n) is 13.0. The number of hydrogen-bond acceptors (Lipinski definition) is 3. The summed E-state index contributed by atoms with van der Waals surface area (Å²) in [6.07, 6.45) is 4.31. The predicted molar refractivity (Wildman–Crippen MR) is 87.4 cm³/mol. The molecule has 0 bridgehead atoms. The molecule has 0 heterocycles. The topological polar surface area (TPSA) is 58.6 Å². The smallest absolute Gasteiger partial charge is 0.222 e. The number of hydrogen-bond donors (Lipinski definition) is 2. The maximum Gasteiger partial charge on any atom is 0.222 e. The third-order valence-electron chi connectivity index (χ3n) is 4.06. The van der Waals surface area contributed by atoms with Crippen molar-refractivity contribution < 1.29 is 14.6 Å². The molecule has 1 amide bonds. The first-order chi connectivity index (χ1) is 10.5. The van der Waals surface area contributed by atoms with E-state index in [2.05, 4.69) is 5.32 Å². The number of halogens is 1. The first kappa shape index (κ1) is 17.1. The summed E-state index contributed by atoms with van der Waals surface area (Å²) >= 11 is 6.01. The Balaban J connectivity index is 1.83. The van der Waals surface area contributed by atoms with Crippen LogP contribution < -0.4 is 10.1 Å². The molecule has 1 aliphatic rings. The Morgan fingerprint density at radius 3 is 2.82 bits per heavy atom. The van der Waals surface area contributed by atoms with E-state index in [1.54, 1.807) is 6.07 Å². The molecule has 5 heteroatoms. The lowest BCUT2D eigenvalue weighted by molar-refractivity contribution is -0.125. The highest BCUT2D eigenvalue weighted by Gasteiger charge is 2.33. The maximum absolute atomic E-state index is 11.9. The minimum absolute atomic E-state index is 0.0932. The molecule has 4 nitrogen and oxygen atoms in total. The van der Waals surface area contributed by atoms with E-state index in [0.29, 0.717) is 24.6 Å². The monoisotopic (exact) mass is 325 g/mol. The Morgan fingerprint density at radius 2 is 2.14 bits per heavy atom. The quantitative estimate of drug-likeness (QED) is 0.810. The van der Waals surface area contributed by atoms with Crippen LogP contribution in [0.15, 0.2) is 18.2 Å². The number of amides is 1. The Hall–Kier alpha value is -1.26. The number of aliphatic hydroxyl groups is 1. The molecule has 0 atom stereocenters. The molecule has 0 saturated heterocycles. The van der Waals surface area contributed by atoms with Crippen LogP contribution in [0.1, 0.15) is 44.6 Å². The minimum atomic E-state index is -0.795. The normalized spacial score (nSPS) is 16.5. The number of benzene rings is 1. The third kappa shape index (κ3) is 4.89. The molecular weight excluding hydrogens is 302 g/mol. The molecule has 1 aliphatic carbocycles. The Bertz CT molecular complexity index is 513. The van der Waals surface area contributed by atoms with Crippen LogP contribution in [0, 0.1) is 0 Å². The van der Waals surface area contributed by atoms with Crippen LogP contribution in [0.4, 0.5) is 0 Å². The average Bonchev–Trinajstić information content (AvgIpc) is 2.88.